The fourth-order valence-electron chi connectivity index (χ4n) is 3.49. The first kappa shape index (κ1) is 19.6. The summed E-state index contributed by atoms with van der Waals surface area (Å²) in [7, 11) is -3.37. The van der Waals surface area contributed by atoms with Crippen LogP contribution in [0, 0.1) is 0 Å². The van der Waals surface area contributed by atoms with Gasteiger partial charge >= 0.3 is 0 Å². The molecular formula is C21H27N3O2S. The maximum absolute atomic E-state index is 12.7. The minimum absolute atomic E-state index is 0. The molecule has 1 N–H and O–H groups in total. The molecule has 1 saturated heterocycles. The van der Waals surface area contributed by atoms with E-state index in [2.05, 4.69) is 29.9 Å². The SMILES string of the molecule is C.CC(C)c1cc2c(-c3ccc(S(=O)(=O)N4CCCC4)cc3)ccnc2[nH]1. The number of sulfonamides is 1. The van der Waals surface area contributed by atoms with Crippen LogP contribution >= 0.6 is 0 Å². The molecule has 4 rings (SSSR count). The van der Waals surface area contributed by atoms with Crippen molar-refractivity contribution in [1.82, 2.24) is 14.3 Å². The summed E-state index contributed by atoms with van der Waals surface area (Å²) in [6.45, 7) is 5.53. The Kier molecular flexibility index (Phi) is 5.40. The summed E-state index contributed by atoms with van der Waals surface area (Å²) in [5.41, 5.74) is 4.06. The van der Waals surface area contributed by atoms with Crippen LogP contribution in [0.15, 0.2) is 47.5 Å². The number of H-pyrrole nitrogens is 1. The average molecular weight is 386 g/mol. The number of aromatic nitrogens is 2. The lowest BCUT2D eigenvalue weighted by Crippen LogP contribution is -2.27. The van der Waals surface area contributed by atoms with Gasteiger partial charge in [-0.05, 0) is 54.2 Å². The molecule has 27 heavy (non-hydrogen) atoms. The predicted molar refractivity (Wildman–Crippen MR) is 110 cm³/mol. The minimum atomic E-state index is -3.37. The third-order valence-corrected chi connectivity index (χ3v) is 6.96. The predicted octanol–water partition coefficient (Wildman–Crippen LogP) is 4.77. The maximum atomic E-state index is 12.7. The Labute approximate surface area is 161 Å². The van der Waals surface area contributed by atoms with E-state index in [0.29, 0.717) is 23.9 Å². The quantitative estimate of drug-likeness (QED) is 0.703. The number of aromatic amines is 1. The van der Waals surface area contributed by atoms with E-state index in [9.17, 15) is 8.42 Å². The fraction of sp³-hybridized carbons (Fsp3) is 0.381. The number of pyridine rings is 1. The van der Waals surface area contributed by atoms with E-state index in [1.54, 1.807) is 22.6 Å². The van der Waals surface area contributed by atoms with Gasteiger partial charge in [-0.2, -0.15) is 4.31 Å². The molecule has 3 heterocycles. The number of hydrogen-bond acceptors (Lipinski definition) is 3. The molecule has 1 aliphatic rings. The normalized spacial score (nSPS) is 15.4. The number of benzene rings is 1. The Bertz CT molecular complexity index is 1030. The van der Waals surface area contributed by atoms with Crippen molar-refractivity contribution in [3.63, 3.8) is 0 Å². The maximum Gasteiger partial charge on any atom is 0.243 e. The molecule has 1 aromatic carbocycles. The third kappa shape index (κ3) is 3.51. The number of rotatable bonds is 4. The van der Waals surface area contributed by atoms with E-state index >= 15 is 0 Å². The Morgan fingerprint density at radius 1 is 1.07 bits per heavy atom. The third-order valence-electron chi connectivity index (χ3n) is 5.04. The van der Waals surface area contributed by atoms with Gasteiger partial charge in [0.05, 0.1) is 4.90 Å². The summed E-state index contributed by atoms with van der Waals surface area (Å²) in [6.07, 6.45) is 3.67. The van der Waals surface area contributed by atoms with Crippen molar-refractivity contribution in [2.75, 3.05) is 13.1 Å². The van der Waals surface area contributed by atoms with Gasteiger partial charge in [-0.25, -0.2) is 13.4 Å². The highest BCUT2D eigenvalue weighted by Gasteiger charge is 2.27. The average Bonchev–Trinajstić information content (AvgIpc) is 3.31. The van der Waals surface area contributed by atoms with E-state index in [-0.39, 0.29) is 7.43 Å². The van der Waals surface area contributed by atoms with Crippen LogP contribution in [0.4, 0.5) is 0 Å². The molecule has 0 unspecified atom stereocenters. The van der Waals surface area contributed by atoms with Crippen molar-refractivity contribution in [3.05, 3.63) is 48.3 Å². The van der Waals surface area contributed by atoms with Gasteiger partial charge in [0.1, 0.15) is 5.65 Å². The number of nitrogens with one attached hydrogen (secondary N) is 1. The van der Waals surface area contributed by atoms with Crippen molar-refractivity contribution in [2.24, 2.45) is 0 Å². The molecule has 2 aromatic heterocycles. The smallest absolute Gasteiger partial charge is 0.243 e. The summed E-state index contributed by atoms with van der Waals surface area (Å²) in [4.78, 5) is 8.15. The molecule has 144 valence electrons. The van der Waals surface area contributed by atoms with Crippen LogP contribution in [-0.2, 0) is 10.0 Å². The molecule has 6 heteroatoms. The van der Waals surface area contributed by atoms with Crippen molar-refractivity contribution in [3.8, 4) is 11.1 Å². The van der Waals surface area contributed by atoms with E-state index in [0.717, 1.165) is 40.7 Å². The lowest BCUT2D eigenvalue weighted by atomic mass is 10.0. The zero-order chi connectivity index (χ0) is 18.3. The van der Waals surface area contributed by atoms with E-state index in [1.165, 1.54) is 0 Å². The highest BCUT2D eigenvalue weighted by Crippen LogP contribution is 2.31. The Balaban J connectivity index is 0.00000210. The molecule has 1 aliphatic heterocycles. The molecule has 0 aliphatic carbocycles. The second-order valence-corrected chi connectivity index (χ2v) is 9.07. The largest absolute Gasteiger partial charge is 0.343 e. The fourth-order valence-corrected chi connectivity index (χ4v) is 5.01. The Morgan fingerprint density at radius 3 is 2.37 bits per heavy atom. The standard InChI is InChI=1S/C20H23N3O2S.CH4/c1-14(2)19-13-18-17(9-10-21-20(18)22-19)15-5-7-16(8-6-15)26(24,25)23-11-3-4-12-23;/h5-10,13-14H,3-4,11-12H2,1-2H3,(H,21,22);1H4. The van der Waals surface area contributed by atoms with E-state index in [4.69, 9.17) is 0 Å². The number of nitrogens with zero attached hydrogens (tertiary/aromatic N) is 2. The molecule has 0 atom stereocenters. The number of fused-ring (bicyclic) bond motifs is 1. The minimum Gasteiger partial charge on any atom is -0.343 e. The van der Waals surface area contributed by atoms with Gasteiger partial charge in [-0.1, -0.05) is 33.4 Å². The molecule has 0 saturated carbocycles. The second-order valence-electron chi connectivity index (χ2n) is 7.14. The highest BCUT2D eigenvalue weighted by molar-refractivity contribution is 7.89. The summed E-state index contributed by atoms with van der Waals surface area (Å²) in [5.74, 6) is 0.394. The van der Waals surface area contributed by atoms with Crippen molar-refractivity contribution < 1.29 is 8.42 Å². The van der Waals surface area contributed by atoms with Crippen LogP contribution in [0.3, 0.4) is 0 Å². The van der Waals surface area contributed by atoms with Crippen LogP contribution in [-0.4, -0.2) is 35.8 Å². The zero-order valence-corrected chi connectivity index (χ0v) is 15.9. The molecule has 0 amide bonds. The molecule has 0 spiro atoms. The highest BCUT2D eigenvalue weighted by atomic mass is 32.2. The van der Waals surface area contributed by atoms with Crippen molar-refractivity contribution in [2.45, 2.75) is 44.9 Å². The first-order valence-electron chi connectivity index (χ1n) is 9.05. The molecule has 0 bridgehead atoms. The van der Waals surface area contributed by atoms with Crippen LogP contribution < -0.4 is 0 Å². The van der Waals surface area contributed by atoms with Gasteiger partial charge in [-0.15, -0.1) is 0 Å². The Morgan fingerprint density at radius 2 is 1.74 bits per heavy atom. The van der Waals surface area contributed by atoms with Crippen LogP contribution in [0.5, 0.6) is 0 Å². The second kappa shape index (κ2) is 7.44. The van der Waals surface area contributed by atoms with Gasteiger partial charge in [0.25, 0.3) is 0 Å². The van der Waals surface area contributed by atoms with E-state index in [1.807, 2.05) is 18.2 Å². The van der Waals surface area contributed by atoms with Crippen LogP contribution in [0.1, 0.15) is 45.7 Å². The summed E-state index contributed by atoms with van der Waals surface area (Å²) in [6, 6.07) is 11.3. The van der Waals surface area contributed by atoms with Crippen LogP contribution in [0.2, 0.25) is 0 Å². The van der Waals surface area contributed by atoms with E-state index < -0.39 is 10.0 Å². The molecule has 5 nitrogen and oxygen atoms in total. The van der Waals surface area contributed by atoms with Crippen LogP contribution in [0.25, 0.3) is 22.2 Å². The van der Waals surface area contributed by atoms with Gasteiger partial charge in [0.15, 0.2) is 0 Å². The van der Waals surface area contributed by atoms with Gasteiger partial charge < -0.3 is 4.98 Å². The lowest BCUT2D eigenvalue weighted by Gasteiger charge is -2.15. The molecule has 0 radical (unpaired) electrons. The van der Waals surface area contributed by atoms with Gasteiger partial charge in [0.2, 0.25) is 10.0 Å². The summed E-state index contributed by atoms with van der Waals surface area (Å²) < 4.78 is 26.9. The Hall–Kier alpha value is -2.18. The molecule has 1 fully saturated rings. The zero-order valence-electron chi connectivity index (χ0n) is 15.1. The first-order chi connectivity index (χ1) is 12.5. The molecular weight excluding hydrogens is 358 g/mol. The monoisotopic (exact) mass is 385 g/mol. The molecule has 3 aromatic rings. The first-order valence-corrected chi connectivity index (χ1v) is 10.5. The van der Waals surface area contributed by atoms with Crippen molar-refractivity contribution in [1.29, 1.82) is 0 Å². The summed E-state index contributed by atoms with van der Waals surface area (Å²) >= 11 is 0. The van der Waals surface area contributed by atoms with Gasteiger partial charge in [0, 0.05) is 30.4 Å². The summed E-state index contributed by atoms with van der Waals surface area (Å²) in [5, 5.41) is 1.06. The topological polar surface area (TPSA) is 66.1 Å². The lowest BCUT2D eigenvalue weighted by molar-refractivity contribution is 0.477. The number of hydrogen-bond donors (Lipinski definition) is 1. The van der Waals surface area contributed by atoms with Gasteiger partial charge in [-0.3, -0.25) is 0 Å². The van der Waals surface area contributed by atoms with Crippen molar-refractivity contribution >= 4 is 21.1 Å².